The molecule has 4 heterocycles. The largest absolute Gasteiger partial charge is 0.690 e. The van der Waals surface area contributed by atoms with Crippen molar-refractivity contribution in [3.8, 4) is 69.0 Å². The Kier molecular flexibility index (Phi) is 29.6. The van der Waals surface area contributed by atoms with Gasteiger partial charge in [-0.1, -0.05) is 215 Å². The zero-order valence-electron chi connectivity index (χ0n) is 62.9. The summed E-state index contributed by atoms with van der Waals surface area (Å²) in [5.41, 5.74) is 6.73. The standard InChI is InChI=1S/C21H21B3O6.C20H19B3O6.C19H17B3O6.C18H15B3O6/c1-16-4-10-19(11-5-16)25-22-28-23(26-20-12-6-17(2)7-13-20)30-24(29-22)27-21-14-8-18(3)9-15-21;1-16-8-12-19(13-9-16)25-22-27-21(24-18-6-4-3-5-7-18)28-23(29-22)26-20-14-10-17(2)11-15-20;1-16-12-14-19(15-13-16)25-22-27-20(23-17-8-4-2-5-9-17)26-21(28-22)24-18-10-6-3-7-11-18;1-4-10-16(11-5-1)22-19-25-20(23-17-12-6-2-7-13-17)27-21(26-19)24-18-14-8-3-9-15-18/h4-15H,1-3H3;3-15H,1-2H3;2-15H,1H3;1-15H. The minimum Gasteiger partial charge on any atom is -0.513 e. The molecule has 0 spiro atoms. The third kappa shape index (κ3) is 26.9. The molecular formula is C78H72B12O24. The second-order valence-electron chi connectivity index (χ2n) is 25.3. The van der Waals surface area contributed by atoms with Gasteiger partial charge in [-0.2, -0.15) is 0 Å². The highest BCUT2D eigenvalue weighted by Crippen LogP contribution is 2.28. The smallest absolute Gasteiger partial charge is 0.513 e. The van der Waals surface area contributed by atoms with E-state index in [1.807, 2.05) is 296 Å². The number of benzene rings is 12. The van der Waals surface area contributed by atoms with Crippen molar-refractivity contribution < 1.29 is 111 Å². The maximum absolute atomic E-state index is 5.80. The topological polar surface area (TPSA) is 222 Å². The van der Waals surface area contributed by atoms with Crippen molar-refractivity contribution >= 4 is 87.9 Å². The Bertz CT molecular complexity index is 4400. The Balaban J connectivity index is 0.000000133. The molecular weight excluding hydrogens is 1450 g/mol. The van der Waals surface area contributed by atoms with Crippen molar-refractivity contribution in [2.75, 3.05) is 0 Å². The molecule has 0 aliphatic carbocycles. The van der Waals surface area contributed by atoms with Gasteiger partial charge in [0.2, 0.25) is 0 Å². The number of rotatable bonds is 24. The number of hydrogen-bond donors (Lipinski definition) is 0. The minimum atomic E-state index is -1.08. The van der Waals surface area contributed by atoms with Gasteiger partial charge in [0.15, 0.2) is 0 Å². The van der Waals surface area contributed by atoms with Gasteiger partial charge >= 0.3 is 87.9 Å². The van der Waals surface area contributed by atoms with Gasteiger partial charge in [-0.3, -0.25) is 0 Å². The summed E-state index contributed by atoms with van der Waals surface area (Å²) in [5.74, 6) is 7.07. The lowest BCUT2D eigenvalue weighted by atomic mass is 9.96. The number of para-hydroxylation sites is 6. The summed E-state index contributed by atoms with van der Waals surface area (Å²) in [4.78, 5) is 0. The van der Waals surface area contributed by atoms with Crippen molar-refractivity contribution in [2.24, 2.45) is 0 Å². The van der Waals surface area contributed by atoms with E-state index in [9.17, 15) is 0 Å². The maximum Gasteiger partial charge on any atom is 0.690 e. The van der Waals surface area contributed by atoms with E-state index < -0.39 is 87.9 Å². The van der Waals surface area contributed by atoms with Gasteiger partial charge in [0.05, 0.1) is 0 Å². The van der Waals surface area contributed by atoms with Crippen LogP contribution >= 0.6 is 0 Å². The van der Waals surface area contributed by atoms with Gasteiger partial charge in [0.1, 0.15) is 69.0 Å². The predicted molar refractivity (Wildman–Crippen MR) is 435 cm³/mol. The molecule has 0 aromatic heterocycles. The van der Waals surface area contributed by atoms with Gasteiger partial charge < -0.3 is 111 Å². The van der Waals surface area contributed by atoms with Gasteiger partial charge in [0.25, 0.3) is 0 Å². The lowest BCUT2D eigenvalue weighted by molar-refractivity contribution is 0.144. The summed E-state index contributed by atoms with van der Waals surface area (Å²) in [5, 5.41) is 0. The molecule has 4 fully saturated rings. The molecule has 0 unspecified atom stereocenters. The average Bonchev–Trinajstić information content (AvgIpc) is 0.855. The van der Waals surface area contributed by atoms with Crippen LogP contribution in [0.15, 0.2) is 328 Å². The summed E-state index contributed by atoms with van der Waals surface area (Å²) in [6.45, 7) is 12.0. The Morgan fingerprint density at radius 2 is 0.211 bits per heavy atom. The fourth-order valence-electron chi connectivity index (χ4n) is 10.2. The van der Waals surface area contributed by atoms with E-state index in [2.05, 4.69) is 0 Å². The summed E-state index contributed by atoms with van der Waals surface area (Å²) >= 11 is 0. The first-order chi connectivity index (χ1) is 55.8. The van der Waals surface area contributed by atoms with E-state index in [-0.39, 0.29) is 0 Å². The maximum atomic E-state index is 5.80. The zero-order chi connectivity index (χ0) is 78.5. The van der Waals surface area contributed by atoms with E-state index >= 15 is 0 Å². The van der Waals surface area contributed by atoms with E-state index in [0.717, 1.165) is 33.4 Å². The molecule has 4 saturated heterocycles. The molecule has 12 aromatic carbocycles. The molecule has 12 aromatic rings. The van der Waals surface area contributed by atoms with Crippen molar-refractivity contribution in [3.63, 3.8) is 0 Å². The summed E-state index contributed by atoms with van der Waals surface area (Å²) in [7, 11) is -12.9. The van der Waals surface area contributed by atoms with Crippen molar-refractivity contribution in [1.82, 2.24) is 0 Å². The van der Waals surface area contributed by atoms with Gasteiger partial charge in [-0.15, -0.1) is 0 Å². The van der Waals surface area contributed by atoms with Crippen LogP contribution in [0, 0.1) is 41.5 Å². The SMILES string of the molecule is Cc1ccc(OB2OB(Oc3ccc(C)cc3)OB(Oc3ccc(C)cc3)O2)cc1.Cc1ccc(OB2OB(Oc3ccccc3)OB(Oc3ccc(C)cc3)O2)cc1.Cc1ccc(OB2OB(Oc3ccccc3)OB(Oc3ccccc3)O2)cc1.c1ccc(OB2OB(Oc3ccccc3)OB(Oc3ccccc3)O2)cc1. The highest BCUT2D eigenvalue weighted by atomic mass is 16.9. The lowest BCUT2D eigenvalue weighted by Crippen LogP contribution is -2.56. The molecule has 114 heavy (non-hydrogen) atoms. The first-order valence-electron chi connectivity index (χ1n) is 36.3. The molecule has 4 aliphatic heterocycles. The second-order valence-corrected chi connectivity index (χ2v) is 25.3. The second kappa shape index (κ2) is 41.9. The van der Waals surface area contributed by atoms with E-state index in [1.54, 1.807) is 72.8 Å². The molecule has 0 bridgehead atoms. The normalized spacial score (nSPS) is 13.9. The van der Waals surface area contributed by atoms with Crippen LogP contribution in [0.4, 0.5) is 0 Å². The van der Waals surface area contributed by atoms with Crippen LogP contribution < -0.4 is 55.9 Å². The summed E-state index contributed by atoms with van der Waals surface area (Å²) in [6, 6.07) is 100. The molecule has 0 atom stereocenters. The number of hydrogen-bond acceptors (Lipinski definition) is 24. The zero-order valence-corrected chi connectivity index (χ0v) is 62.9. The Morgan fingerprint density at radius 3 is 0.307 bits per heavy atom. The highest BCUT2D eigenvalue weighted by molar-refractivity contribution is 6.70. The third-order valence-electron chi connectivity index (χ3n) is 16.0. The van der Waals surface area contributed by atoms with Crippen molar-refractivity contribution in [3.05, 3.63) is 361 Å². The van der Waals surface area contributed by atoms with E-state index in [4.69, 9.17) is 111 Å². The van der Waals surface area contributed by atoms with Gasteiger partial charge in [-0.05, 0) is 187 Å². The highest BCUT2D eigenvalue weighted by Gasteiger charge is 2.54. The fourth-order valence-corrected chi connectivity index (χ4v) is 10.2. The van der Waals surface area contributed by atoms with Crippen LogP contribution in [0.3, 0.4) is 0 Å². The molecule has 0 N–H and O–H groups in total. The fraction of sp³-hybridized carbons (Fsp3) is 0.0769. The molecule has 24 nitrogen and oxygen atoms in total. The van der Waals surface area contributed by atoms with Crippen LogP contribution in [-0.2, 0) is 54.9 Å². The van der Waals surface area contributed by atoms with Crippen LogP contribution in [0.2, 0.25) is 0 Å². The van der Waals surface area contributed by atoms with Crippen LogP contribution in [-0.4, -0.2) is 87.9 Å². The van der Waals surface area contributed by atoms with Crippen molar-refractivity contribution in [1.29, 1.82) is 0 Å². The van der Waals surface area contributed by atoms with Gasteiger partial charge in [-0.25, -0.2) is 0 Å². The van der Waals surface area contributed by atoms with Gasteiger partial charge in [0, 0.05) is 0 Å². The molecule has 36 heteroatoms. The Morgan fingerprint density at radius 1 is 0.123 bits per heavy atom. The number of aryl methyl sites for hydroxylation is 6. The van der Waals surface area contributed by atoms with E-state index in [0.29, 0.717) is 69.0 Å². The first-order valence-corrected chi connectivity index (χ1v) is 36.3. The quantitative estimate of drug-likeness (QED) is 0.0513. The molecule has 0 amide bonds. The third-order valence-corrected chi connectivity index (χ3v) is 16.0. The van der Waals surface area contributed by atoms with E-state index in [1.165, 1.54) is 0 Å². The Hall–Kier alpha value is -11.5. The monoisotopic (exact) mass is 1520 g/mol. The lowest BCUT2D eigenvalue weighted by Gasteiger charge is -2.28. The molecule has 4 aliphatic rings. The first kappa shape index (κ1) is 80.6. The molecule has 16 rings (SSSR count). The van der Waals surface area contributed by atoms with Crippen molar-refractivity contribution in [2.45, 2.75) is 41.5 Å². The van der Waals surface area contributed by atoms with Crippen LogP contribution in [0.25, 0.3) is 0 Å². The molecule has 0 saturated carbocycles. The summed E-state index contributed by atoms with van der Waals surface area (Å²) in [6.07, 6.45) is 0. The Labute approximate surface area is 666 Å². The summed E-state index contributed by atoms with van der Waals surface area (Å²) < 4.78 is 137. The predicted octanol–water partition coefficient (Wildman–Crippen LogP) is 14.8. The van der Waals surface area contributed by atoms with Crippen LogP contribution in [0.5, 0.6) is 69.0 Å². The minimum absolute atomic E-state index is 0.585. The molecule has 0 radical (unpaired) electrons. The molecule has 564 valence electrons. The van der Waals surface area contributed by atoms with Crippen LogP contribution in [0.1, 0.15) is 33.4 Å². The average molecular weight is 1520 g/mol.